The molecule has 18 heavy (non-hydrogen) atoms. The maximum atomic E-state index is 12.1. The summed E-state index contributed by atoms with van der Waals surface area (Å²) >= 11 is 4.89. The summed E-state index contributed by atoms with van der Waals surface area (Å²) < 4.78 is 5.50. The molecule has 2 aliphatic heterocycles. The lowest BCUT2D eigenvalue weighted by molar-refractivity contribution is -0.135. The predicted octanol–water partition coefficient (Wildman–Crippen LogP) is -0.0142. The summed E-state index contributed by atoms with van der Waals surface area (Å²) in [6.45, 7) is 4.72. The molecule has 102 valence electrons. The van der Waals surface area contributed by atoms with Crippen LogP contribution in [0.2, 0.25) is 0 Å². The molecule has 0 bridgehead atoms. The first-order chi connectivity index (χ1) is 8.65. The molecule has 0 aromatic heterocycles. The topological polar surface area (TPSA) is 58.8 Å². The molecule has 2 saturated heterocycles. The van der Waals surface area contributed by atoms with Gasteiger partial charge in [0.2, 0.25) is 5.91 Å². The van der Waals surface area contributed by atoms with Gasteiger partial charge in [0.1, 0.15) is 0 Å². The largest absolute Gasteiger partial charge is 0.392 e. The lowest BCUT2D eigenvalue weighted by atomic mass is 10.1. The van der Waals surface area contributed by atoms with Crippen LogP contribution in [-0.4, -0.2) is 66.1 Å². The van der Waals surface area contributed by atoms with Crippen molar-refractivity contribution < 1.29 is 9.53 Å². The van der Waals surface area contributed by atoms with E-state index in [0.29, 0.717) is 18.0 Å². The van der Waals surface area contributed by atoms with Crippen molar-refractivity contribution in [3.8, 4) is 0 Å². The molecule has 5 nitrogen and oxygen atoms in total. The Balaban J connectivity index is 1.71. The van der Waals surface area contributed by atoms with Gasteiger partial charge in [-0.1, -0.05) is 12.2 Å². The molecule has 0 aromatic carbocycles. The average Bonchev–Trinajstić information content (AvgIpc) is 2.82. The van der Waals surface area contributed by atoms with Gasteiger partial charge in [0.05, 0.1) is 17.5 Å². The molecule has 0 aromatic rings. The Kier molecular flexibility index (Phi) is 4.91. The number of carbonyl (C=O) groups is 1. The highest BCUT2D eigenvalue weighted by Gasteiger charge is 2.25. The first-order valence-electron chi connectivity index (χ1n) is 6.55. The van der Waals surface area contributed by atoms with Crippen LogP contribution in [0.4, 0.5) is 0 Å². The average molecular weight is 271 g/mol. The highest BCUT2D eigenvalue weighted by atomic mass is 32.1. The summed E-state index contributed by atoms with van der Waals surface area (Å²) in [4.78, 5) is 16.7. The van der Waals surface area contributed by atoms with Crippen LogP contribution < -0.4 is 5.73 Å². The molecule has 2 fully saturated rings. The third-order valence-electron chi connectivity index (χ3n) is 3.53. The van der Waals surface area contributed by atoms with Crippen molar-refractivity contribution in [3.05, 3.63) is 0 Å². The van der Waals surface area contributed by atoms with Gasteiger partial charge < -0.3 is 15.4 Å². The van der Waals surface area contributed by atoms with Gasteiger partial charge in [0.25, 0.3) is 0 Å². The molecule has 1 unspecified atom stereocenters. The Bertz CT molecular complexity index is 310. The Labute approximate surface area is 113 Å². The minimum absolute atomic E-state index is 0.146. The quantitative estimate of drug-likeness (QED) is 0.729. The smallest absolute Gasteiger partial charge is 0.225 e. The van der Waals surface area contributed by atoms with Gasteiger partial charge in [-0.2, -0.15) is 0 Å². The van der Waals surface area contributed by atoms with E-state index in [1.54, 1.807) is 0 Å². The zero-order chi connectivity index (χ0) is 13.0. The minimum Gasteiger partial charge on any atom is -0.392 e. The van der Waals surface area contributed by atoms with Crippen LogP contribution in [0.1, 0.15) is 19.3 Å². The van der Waals surface area contributed by atoms with Gasteiger partial charge in [-0.25, -0.2) is 0 Å². The molecule has 2 heterocycles. The maximum Gasteiger partial charge on any atom is 0.225 e. The highest BCUT2D eigenvalue weighted by Crippen LogP contribution is 2.17. The molecule has 0 saturated carbocycles. The van der Waals surface area contributed by atoms with Crippen LogP contribution in [0, 0.1) is 0 Å². The van der Waals surface area contributed by atoms with Crippen LogP contribution in [0.5, 0.6) is 0 Å². The van der Waals surface area contributed by atoms with Crippen molar-refractivity contribution in [1.82, 2.24) is 9.80 Å². The van der Waals surface area contributed by atoms with E-state index in [4.69, 9.17) is 22.7 Å². The minimum atomic E-state index is 0.146. The van der Waals surface area contributed by atoms with Crippen LogP contribution in [0.3, 0.4) is 0 Å². The Morgan fingerprint density at radius 2 is 2.06 bits per heavy atom. The number of piperazine rings is 1. The van der Waals surface area contributed by atoms with Crippen LogP contribution in [0.25, 0.3) is 0 Å². The van der Waals surface area contributed by atoms with Crippen LogP contribution in [-0.2, 0) is 9.53 Å². The number of rotatable bonds is 4. The summed E-state index contributed by atoms with van der Waals surface area (Å²) in [5.41, 5.74) is 5.52. The maximum absolute atomic E-state index is 12.1. The molecule has 1 amide bonds. The number of ether oxygens (including phenoxy) is 1. The van der Waals surface area contributed by atoms with Crippen molar-refractivity contribution in [2.45, 2.75) is 25.4 Å². The normalized spacial score (nSPS) is 25.3. The fraction of sp³-hybridized carbons (Fsp3) is 0.833. The summed E-state index contributed by atoms with van der Waals surface area (Å²) in [5.74, 6) is 0.219. The number of thiocarbonyl (C=S) groups is 1. The Morgan fingerprint density at radius 3 is 2.61 bits per heavy atom. The summed E-state index contributed by atoms with van der Waals surface area (Å²) in [5, 5.41) is 0. The molecule has 0 aliphatic carbocycles. The standard InChI is InChI=1S/C12H21N3O2S/c13-11(18)9-14-3-5-15(6-4-14)12(16)8-10-2-1-7-17-10/h10H,1-9H2,(H2,13,18). The van der Waals surface area contributed by atoms with Crippen molar-refractivity contribution in [2.75, 3.05) is 39.3 Å². The van der Waals surface area contributed by atoms with E-state index >= 15 is 0 Å². The summed E-state index contributed by atoms with van der Waals surface area (Å²) in [6.07, 6.45) is 2.79. The van der Waals surface area contributed by atoms with E-state index in [1.165, 1.54) is 0 Å². The number of hydrogen-bond donors (Lipinski definition) is 1. The zero-order valence-corrected chi connectivity index (χ0v) is 11.5. The third kappa shape index (κ3) is 3.90. The van der Waals surface area contributed by atoms with Crippen molar-refractivity contribution in [1.29, 1.82) is 0 Å². The van der Waals surface area contributed by atoms with E-state index in [9.17, 15) is 4.79 Å². The molecule has 2 aliphatic rings. The van der Waals surface area contributed by atoms with Crippen LogP contribution >= 0.6 is 12.2 Å². The Morgan fingerprint density at radius 1 is 1.33 bits per heavy atom. The van der Waals surface area contributed by atoms with E-state index in [1.807, 2.05) is 4.90 Å². The molecule has 1 atom stereocenters. The molecule has 0 spiro atoms. The number of carbonyl (C=O) groups excluding carboxylic acids is 1. The number of nitrogens with two attached hydrogens (primary N) is 1. The second kappa shape index (κ2) is 6.45. The lowest BCUT2D eigenvalue weighted by Gasteiger charge is -2.34. The predicted molar refractivity (Wildman–Crippen MR) is 73.4 cm³/mol. The fourth-order valence-corrected chi connectivity index (χ4v) is 2.69. The first kappa shape index (κ1) is 13.7. The number of nitrogens with zero attached hydrogens (tertiary/aromatic N) is 2. The summed E-state index contributed by atoms with van der Waals surface area (Å²) in [7, 11) is 0. The third-order valence-corrected chi connectivity index (χ3v) is 3.66. The molecule has 2 rings (SSSR count). The molecular weight excluding hydrogens is 250 g/mol. The SMILES string of the molecule is NC(=S)CN1CCN(C(=O)CC2CCCO2)CC1. The van der Waals surface area contributed by atoms with Gasteiger partial charge in [-0.05, 0) is 12.8 Å². The molecule has 0 radical (unpaired) electrons. The zero-order valence-electron chi connectivity index (χ0n) is 10.6. The Hall–Kier alpha value is -0.720. The number of hydrogen-bond acceptors (Lipinski definition) is 4. The fourth-order valence-electron chi connectivity index (χ4n) is 2.50. The van der Waals surface area contributed by atoms with Crippen molar-refractivity contribution in [2.24, 2.45) is 5.73 Å². The molecular formula is C12H21N3O2S. The first-order valence-corrected chi connectivity index (χ1v) is 6.96. The monoisotopic (exact) mass is 271 g/mol. The van der Waals surface area contributed by atoms with Gasteiger partial charge in [0, 0.05) is 39.3 Å². The van der Waals surface area contributed by atoms with E-state index < -0.39 is 0 Å². The van der Waals surface area contributed by atoms with Gasteiger partial charge in [0.15, 0.2) is 0 Å². The van der Waals surface area contributed by atoms with Gasteiger partial charge in [-0.15, -0.1) is 0 Å². The molecule has 6 heteroatoms. The lowest BCUT2D eigenvalue weighted by Crippen LogP contribution is -2.50. The summed E-state index contributed by atoms with van der Waals surface area (Å²) in [6, 6.07) is 0. The second-order valence-corrected chi connectivity index (χ2v) is 5.49. The van der Waals surface area contributed by atoms with Crippen molar-refractivity contribution in [3.63, 3.8) is 0 Å². The number of amides is 1. The molecule has 2 N–H and O–H groups in total. The second-order valence-electron chi connectivity index (χ2n) is 4.96. The van der Waals surface area contributed by atoms with E-state index in [2.05, 4.69) is 4.90 Å². The van der Waals surface area contributed by atoms with E-state index in [-0.39, 0.29) is 12.0 Å². The van der Waals surface area contributed by atoms with Gasteiger partial charge in [-0.3, -0.25) is 9.69 Å². The highest BCUT2D eigenvalue weighted by molar-refractivity contribution is 7.80. The van der Waals surface area contributed by atoms with Gasteiger partial charge >= 0.3 is 0 Å². The van der Waals surface area contributed by atoms with Crippen LogP contribution in [0.15, 0.2) is 0 Å². The van der Waals surface area contributed by atoms with Crippen molar-refractivity contribution >= 4 is 23.1 Å². The van der Waals surface area contributed by atoms with E-state index in [0.717, 1.165) is 45.6 Å².